The van der Waals surface area contributed by atoms with Crippen molar-refractivity contribution in [3.63, 3.8) is 0 Å². The fourth-order valence-electron chi connectivity index (χ4n) is 2.80. The summed E-state index contributed by atoms with van der Waals surface area (Å²) in [6, 6.07) is 14.7. The quantitative estimate of drug-likeness (QED) is 0.291. The maximum atomic E-state index is 13.2. The van der Waals surface area contributed by atoms with E-state index in [4.69, 9.17) is 4.99 Å². The number of nitrogens with zero attached hydrogens (tertiary/aromatic N) is 2. The summed E-state index contributed by atoms with van der Waals surface area (Å²) < 4.78 is 13.2. The second-order valence-corrected chi connectivity index (χ2v) is 7.50. The highest BCUT2D eigenvalue weighted by Crippen LogP contribution is 2.30. The molecule has 1 atom stereocenters. The standard InChI is InChI=1S/C18H17FN2.C6H10.C5H8O.CH5N/c1-12-13(2)21(3)17-7-5-4-6-16(17)18(20-12)14-8-10-15(19)11-9-14;1-3-5-6-4-2;1-3-5(2)4-6;1-2/h4-11H,1-3H3;3-6H,1-2H3;3-5H,1H2,2H3;2H2,1H3/b;5-3-,6-4-;;. The van der Waals surface area contributed by atoms with Crippen LogP contribution in [-0.2, 0) is 4.79 Å². The van der Waals surface area contributed by atoms with E-state index in [1.807, 2.05) is 64.3 Å². The Kier molecular flexibility index (Phi) is 16.0. The summed E-state index contributed by atoms with van der Waals surface area (Å²) in [5, 5.41) is 0. The van der Waals surface area contributed by atoms with Gasteiger partial charge in [0.05, 0.1) is 17.1 Å². The highest BCUT2D eigenvalue weighted by Gasteiger charge is 2.19. The van der Waals surface area contributed by atoms with E-state index in [1.165, 1.54) is 19.2 Å². The predicted molar refractivity (Wildman–Crippen MR) is 150 cm³/mol. The summed E-state index contributed by atoms with van der Waals surface area (Å²) in [7, 11) is 3.54. The van der Waals surface area contributed by atoms with Crippen LogP contribution in [0.4, 0.5) is 10.1 Å². The average Bonchev–Trinajstić information content (AvgIpc) is 3.00. The smallest absolute Gasteiger partial charge is 0.126 e. The molecule has 1 aliphatic heterocycles. The normalized spacial score (nSPS) is 13.2. The van der Waals surface area contributed by atoms with Crippen molar-refractivity contribution in [3.05, 3.63) is 114 Å². The molecule has 1 unspecified atom stereocenters. The maximum Gasteiger partial charge on any atom is 0.126 e. The topological polar surface area (TPSA) is 58.7 Å². The zero-order valence-corrected chi connectivity index (χ0v) is 22.1. The summed E-state index contributed by atoms with van der Waals surface area (Å²) in [4.78, 5) is 16.6. The van der Waals surface area contributed by atoms with Crippen LogP contribution in [0, 0.1) is 11.7 Å². The van der Waals surface area contributed by atoms with Crippen LogP contribution in [0.2, 0.25) is 0 Å². The van der Waals surface area contributed by atoms with Crippen molar-refractivity contribution in [1.82, 2.24) is 0 Å². The number of aldehydes is 1. The third-order valence-corrected chi connectivity index (χ3v) is 5.03. The van der Waals surface area contributed by atoms with Crippen LogP contribution in [-0.4, -0.2) is 26.1 Å². The molecule has 0 aromatic heterocycles. The molecule has 0 spiro atoms. The maximum absolute atomic E-state index is 13.2. The molecule has 1 heterocycles. The van der Waals surface area contributed by atoms with Gasteiger partial charge in [-0.1, -0.05) is 55.5 Å². The summed E-state index contributed by atoms with van der Waals surface area (Å²) in [5.41, 5.74) is 10.5. The summed E-state index contributed by atoms with van der Waals surface area (Å²) in [5.74, 6) is -0.216. The van der Waals surface area contributed by atoms with Crippen molar-refractivity contribution in [2.24, 2.45) is 16.6 Å². The molecule has 0 saturated heterocycles. The zero-order valence-electron chi connectivity index (χ0n) is 22.1. The fourth-order valence-corrected chi connectivity index (χ4v) is 2.80. The molecule has 0 aliphatic carbocycles. The van der Waals surface area contributed by atoms with E-state index in [-0.39, 0.29) is 11.7 Å². The number of fused-ring (bicyclic) bond motifs is 1. The van der Waals surface area contributed by atoms with E-state index in [9.17, 15) is 9.18 Å². The molecule has 188 valence electrons. The Morgan fingerprint density at radius 1 is 1.00 bits per heavy atom. The van der Waals surface area contributed by atoms with Gasteiger partial charge in [-0.3, -0.25) is 4.99 Å². The minimum absolute atomic E-state index is 0.0185. The molecular weight excluding hydrogens is 437 g/mol. The molecule has 3 rings (SSSR count). The molecule has 0 bridgehead atoms. The van der Waals surface area contributed by atoms with Gasteiger partial charge in [0.15, 0.2) is 0 Å². The van der Waals surface area contributed by atoms with E-state index in [2.05, 4.69) is 36.3 Å². The summed E-state index contributed by atoms with van der Waals surface area (Å²) >= 11 is 0. The van der Waals surface area contributed by atoms with Gasteiger partial charge in [-0.05, 0) is 65.1 Å². The summed E-state index contributed by atoms with van der Waals surface area (Å²) in [6.45, 7) is 13.3. The van der Waals surface area contributed by atoms with Crippen molar-refractivity contribution in [2.45, 2.75) is 34.6 Å². The van der Waals surface area contributed by atoms with Crippen molar-refractivity contribution in [2.75, 3.05) is 19.0 Å². The third kappa shape index (κ3) is 10.5. The van der Waals surface area contributed by atoms with Crippen LogP contribution >= 0.6 is 0 Å². The van der Waals surface area contributed by atoms with Crippen LogP contribution in [0.1, 0.15) is 45.7 Å². The van der Waals surface area contributed by atoms with Crippen LogP contribution < -0.4 is 10.6 Å². The number of halogens is 1. The fraction of sp³-hybridized carbons (Fsp3) is 0.267. The first-order chi connectivity index (χ1) is 16.8. The molecule has 2 aromatic carbocycles. The molecule has 0 amide bonds. The van der Waals surface area contributed by atoms with Crippen molar-refractivity contribution < 1.29 is 9.18 Å². The molecule has 4 nitrogen and oxygen atoms in total. The van der Waals surface area contributed by atoms with Gasteiger partial charge in [0.1, 0.15) is 12.1 Å². The molecule has 5 heteroatoms. The molecular formula is C30H40FN3O. The first kappa shape index (κ1) is 31.4. The van der Waals surface area contributed by atoms with Crippen LogP contribution in [0.5, 0.6) is 0 Å². The number of hydrogen-bond acceptors (Lipinski definition) is 4. The Morgan fingerprint density at radius 2 is 1.54 bits per heavy atom. The highest BCUT2D eigenvalue weighted by molar-refractivity contribution is 6.17. The lowest BCUT2D eigenvalue weighted by molar-refractivity contribution is -0.109. The van der Waals surface area contributed by atoms with E-state index in [1.54, 1.807) is 25.1 Å². The van der Waals surface area contributed by atoms with E-state index >= 15 is 0 Å². The van der Waals surface area contributed by atoms with E-state index in [0.29, 0.717) is 0 Å². The predicted octanol–water partition coefficient (Wildman–Crippen LogP) is 7.09. The second kappa shape index (κ2) is 17.8. The Morgan fingerprint density at radius 3 is 2.00 bits per heavy atom. The highest BCUT2D eigenvalue weighted by atomic mass is 19.1. The second-order valence-electron chi connectivity index (χ2n) is 7.50. The first-order valence-electron chi connectivity index (χ1n) is 11.5. The summed E-state index contributed by atoms with van der Waals surface area (Å²) in [6.07, 6.45) is 10.5. The molecule has 2 N–H and O–H groups in total. The molecule has 0 saturated carbocycles. The Balaban J connectivity index is 0.000000686. The third-order valence-electron chi connectivity index (χ3n) is 5.03. The van der Waals surface area contributed by atoms with Gasteiger partial charge < -0.3 is 15.4 Å². The van der Waals surface area contributed by atoms with Gasteiger partial charge in [-0.2, -0.15) is 0 Å². The van der Waals surface area contributed by atoms with Gasteiger partial charge in [0, 0.05) is 29.8 Å². The molecule has 2 aromatic rings. The number of allylic oxidation sites excluding steroid dienone is 7. The molecule has 35 heavy (non-hydrogen) atoms. The number of benzene rings is 2. The number of anilines is 1. The Hall–Kier alpha value is -3.57. The van der Waals surface area contributed by atoms with Crippen molar-refractivity contribution in [3.8, 4) is 0 Å². The van der Waals surface area contributed by atoms with Gasteiger partial charge in [-0.25, -0.2) is 4.39 Å². The number of hydrogen-bond donors (Lipinski definition) is 1. The number of carbonyl (C=O) groups is 1. The number of carbonyl (C=O) groups excluding carboxylic acids is 1. The van der Waals surface area contributed by atoms with Crippen molar-refractivity contribution in [1.29, 1.82) is 0 Å². The zero-order chi connectivity index (χ0) is 26.8. The van der Waals surface area contributed by atoms with Gasteiger partial charge in [0.25, 0.3) is 0 Å². The number of rotatable bonds is 4. The van der Waals surface area contributed by atoms with Crippen LogP contribution in [0.25, 0.3) is 0 Å². The first-order valence-corrected chi connectivity index (χ1v) is 11.5. The number of para-hydroxylation sites is 1. The molecule has 0 radical (unpaired) electrons. The Bertz CT molecular complexity index is 1020. The lowest BCUT2D eigenvalue weighted by Gasteiger charge is -2.21. The average molecular weight is 478 g/mol. The Labute approximate surface area is 211 Å². The van der Waals surface area contributed by atoms with E-state index < -0.39 is 0 Å². The molecule has 0 fully saturated rings. The largest absolute Gasteiger partial charge is 0.346 e. The van der Waals surface area contributed by atoms with Gasteiger partial charge >= 0.3 is 0 Å². The lowest BCUT2D eigenvalue weighted by atomic mass is 10.00. The van der Waals surface area contributed by atoms with Gasteiger partial charge in [-0.15, -0.1) is 6.58 Å². The number of aliphatic imine (C=N–C) groups is 1. The van der Waals surface area contributed by atoms with Crippen molar-refractivity contribution >= 4 is 17.7 Å². The SMILES string of the molecule is C/C=C\C=C/C.C=CC(C)C=O.CC1=C(C)N(C)c2ccccc2C(c2ccc(F)cc2)=N1.CN. The van der Waals surface area contributed by atoms with Crippen LogP contribution in [0.15, 0.2) is 102 Å². The van der Waals surface area contributed by atoms with Gasteiger partial charge in [0.2, 0.25) is 0 Å². The minimum atomic E-state index is -0.234. The minimum Gasteiger partial charge on any atom is -0.346 e. The van der Waals surface area contributed by atoms with E-state index in [0.717, 1.165) is 40.2 Å². The molecule has 1 aliphatic rings. The monoisotopic (exact) mass is 477 g/mol. The number of nitrogens with two attached hydrogens (primary N) is 1. The lowest BCUT2D eigenvalue weighted by Crippen LogP contribution is -2.16. The van der Waals surface area contributed by atoms with Crippen LogP contribution in [0.3, 0.4) is 0 Å².